The van der Waals surface area contributed by atoms with E-state index in [0.29, 0.717) is 5.92 Å². The van der Waals surface area contributed by atoms with Gasteiger partial charge in [-0.15, -0.1) is 0 Å². The molecule has 2 aromatic rings. The SMILES string of the molecule is CC(C)c1ccc([C@@H](NC(=O)[C@@H]2C[C@@H](F)CN2C(=O)C[N+](C=N)=CN)c2ccccc2)cc1. The number of halogens is 1. The van der Waals surface area contributed by atoms with E-state index < -0.39 is 30.1 Å². The number of benzene rings is 2. The lowest BCUT2D eigenvalue weighted by Crippen LogP contribution is -2.49. The van der Waals surface area contributed by atoms with Gasteiger partial charge in [-0.25, -0.2) is 8.97 Å². The zero-order valence-electron chi connectivity index (χ0n) is 18.9. The van der Waals surface area contributed by atoms with Crippen LogP contribution >= 0.6 is 0 Å². The maximum Gasteiger partial charge on any atom is 0.258 e. The van der Waals surface area contributed by atoms with Crippen LogP contribution in [0.4, 0.5) is 4.39 Å². The number of rotatable bonds is 8. The summed E-state index contributed by atoms with van der Waals surface area (Å²) < 4.78 is 15.5. The molecule has 2 aromatic carbocycles. The van der Waals surface area contributed by atoms with E-state index in [2.05, 4.69) is 19.2 Å². The van der Waals surface area contributed by atoms with Crippen LogP contribution in [-0.4, -0.2) is 59.3 Å². The van der Waals surface area contributed by atoms with Crippen molar-refractivity contribution in [2.75, 3.05) is 13.1 Å². The first-order valence-corrected chi connectivity index (χ1v) is 11.0. The predicted octanol–water partition coefficient (Wildman–Crippen LogP) is 2.56. The predicted molar refractivity (Wildman–Crippen MR) is 126 cm³/mol. The Labute approximate surface area is 193 Å². The third-order valence-corrected chi connectivity index (χ3v) is 5.90. The molecule has 1 heterocycles. The van der Waals surface area contributed by atoms with Crippen LogP contribution < -0.4 is 11.1 Å². The van der Waals surface area contributed by atoms with Gasteiger partial charge in [-0.3, -0.25) is 9.59 Å². The third kappa shape index (κ3) is 5.83. The van der Waals surface area contributed by atoms with E-state index in [1.54, 1.807) is 0 Å². The molecule has 1 saturated heterocycles. The number of nitrogens with zero attached hydrogens (tertiary/aromatic N) is 2. The summed E-state index contributed by atoms with van der Waals surface area (Å²) in [5, 5.41) is 10.3. The Balaban J connectivity index is 1.85. The van der Waals surface area contributed by atoms with Gasteiger partial charge in [0.1, 0.15) is 18.8 Å². The molecule has 0 aliphatic carbocycles. The fourth-order valence-electron chi connectivity index (χ4n) is 4.01. The average Bonchev–Trinajstić information content (AvgIpc) is 3.23. The number of nitrogens with one attached hydrogen (secondary N) is 2. The molecule has 0 spiro atoms. The molecule has 0 radical (unpaired) electrons. The van der Waals surface area contributed by atoms with Crippen molar-refractivity contribution in [3.05, 3.63) is 71.3 Å². The van der Waals surface area contributed by atoms with Crippen molar-refractivity contribution in [1.82, 2.24) is 10.2 Å². The smallest absolute Gasteiger partial charge is 0.258 e. The summed E-state index contributed by atoms with van der Waals surface area (Å²) in [4.78, 5) is 27.3. The second-order valence-corrected chi connectivity index (χ2v) is 8.52. The molecule has 3 atom stereocenters. The summed E-state index contributed by atoms with van der Waals surface area (Å²) in [6.07, 6.45) is 0.639. The fourth-order valence-corrected chi connectivity index (χ4v) is 4.01. The Kier molecular flexibility index (Phi) is 7.92. The lowest BCUT2D eigenvalue weighted by molar-refractivity contribution is -0.384. The number of hydrogen-bond donors (Lipinski definition) is 3. The van der Waals surface area contributed by atoms with Crippen LogP contribution in [0.2, 0.25) is 0 Å². The van der Waals surface area contributed by atoms with E-state index in [9.17, 15) is 14.0 Å². The molecule has 1 aliphatic rings. The van der Waals surface area contributed by atoms with Crippen molar-refractivity contribution < 1.29 is 18.6 Å². The highest BCUT2D eigenvalue weighted by atomic mass is 19.1. The van der Waals surface area contributed by atoms with Crippen LogP contribution in [0.1, 0.15) is 48.9 Å². The van der Waals surface area contributed by atoms with Gasteiger partial charge >= 0.3 is 0 Å². The molecule has 33 heavy (non-hydrogen) atoms. The topological polar surface area (TPSA) is 102 Å². The summed E-state index contributed by atoms with van der Waals surface area (Å²) >= 11 is 0. The summed E-state index contributed by atoms with van der Waals surface area (Å²) in [5.74, 6) is -0.490. The van der Waals surface area contributed by atoms with Crippen molar-refractivity contribution in [2.45, 2.75) is 44.4 Å². The van der Waals surface area contributed by atoms with Gasteiger partial charge in [0.15, 0.2) is 6.34 Å². The standard InChI is InChI=1S/C25H30FN5O2/c1-17(2)18-8-10-20(11-9-18)24(19-6-4-3-5-7-19)29-25(33)22-12-21(26)13-31(22)23(32)14-30(15-27)16-28/h3-11,15-17,21-22,24,27-28H,12-14H2,1-2H3,(H,29,33)/p+1/t21-,22+,24+/m1/s1. The molecular weight excluding hydrogens is 421 g/mol. The van der Waals surface area contributed by atoms with E-state index in [4.69, 9.17) is 11.1 Å². The number of hydrogen-bond acceptors (Lipinski definition) is 3. The number of carbonyl (C=O) groups is 2. The zero-order chi connectivity index (χ0) is 24.0. The van der Waals surface area contributed by atoms with E-state index in [1.807, 2.05) is 54.6 Å². The Morgan fingerprint density at radius 3 is 2.33 bits per heavy atom. The van der Waals surface area contributed by atoms with Gasteiger partial charge in [-0.1, -0.05) is 68.4 Å². The Morgan fingerprint density at radius 1 is 1.15 bits per heavy atom. The minimum atomic E-state index is -1.29. The summed E-state index contributed by atoms with van der Waals surface area (Å²) in [7, 11) is 0. The Morgan fingerprint density at radius 2 is 1.76 bits per heavy atom. The van der Waals surface area contributed by atoms with Gasteiger partial charge in [0.2, 0.25) is 12.2 Å². The van der Waals surface area contributed by atoms with Crippen molar-refractivity contribution in [3.8, 4) is 0 Å². The van der Waals surface area contributed by atoms with Crippen LogP contribution in [-0.2, 0) is 9.59 Å². The van der Waals surface area contributed by atoms with Crippen LogP contribution in [0.5, 0.6) is 0 Å². The molecule has 7 nitrogen and oxygen atoms in total. The molecule has 0 bridgehead atoms. The highest BCUT2D eigenvalue weighted by Crippen LogP contribution is 2.27. The molecule has 0 saturated carbocycles. The van der Waals surface area contributed by atoms with Gasteiger partial charge in [-0.05, 0) is 22.6 Å². The van der Waals surface area contributed by atoms with Gasteiger partial charge < -0.3 is 16.0 Å². The summed E-state index contributed by atoms with van der Waals surface area (Å²) in [6.45, 7) is 3.85. The van der Waals surface area contributed by atoms with Crippen molar-refractivity contribution in [2.24, 2.45) is 5.73 Å². The minimum Gasteiger partial charge on any atom is -0.343 e. The maximum absolute atomic E-state index is 14.3. The second-order valence-electron chi connectivity index (χ2n) is 8.52. The summed E-state index contributed by atoms with van der Waals surface area (Å²) in [6, 6.07) is 16.2. The quantitative estimate of drug-likeness (QED) is 0.326. The monoisotopic (exact) mass is 452 g/mol. The molecule has 0 unspecified atom stereocenters. The number of nitrogens with two attached hydrogens (primary N) is 1. The van der Waals surface area contributed by atoms with Gasteiger partial charge in [0.25, 0.3) is 5.91 Å². The lowest BCUT2D eigenvalue weighted by atomic mass is 9.95. The fraction of sp³-hybridized carbons (Fsp3) is 0.360. The molecular formula is C25H31FN5O2+. The molecule has 4 N–H and O–H groups in total. The van der Waals surface area contributed by atoms with Crippen LogP contribution in [0, 0.1) is 5.41 Å². The molecule has 8 heteroatoms. The summed E-state index contributed by atoms with van der Waals surface area (Å²) in [5.41, 5.74) is 8.39. The largest absolute Gasteiger partial charge is 0.343 e. The molecule has 1 aliphatic heterocycles. The van der Waals surface area contributed by atoms with Gasteiger partial charge in [0.05, 0.1) is 12.6 Å². The third-order valence-electron chi connectivity index (χ3n) is 5.90. The molecule has 2 amide bonds. The molecule has 3 rings (SSSR count). The Bertz CT molecular complexity index is 1010. The van der Waals surface area contributed by atoms with Crippen molar-refractivity contribution in [3.63, 3.8) is 0 Å². The normalized spacial score (nSPS) is 19.4. The first-order valence-electron chi connectivity index (χ1n) is 11.0. The van der Waals surface area contributed by atoms with Crippen LogP contribution in [0.15, 0.2) is 54.6 Å². The molecule has 174 valence electrons. The number of amides is 2. The Hall–Kier alpha value is -3.55. The van der Waals surface area contributed by atoms with E-state index >= 15 is 0 Å². The highest BCUT2D eigenvalue weighted by Gasteiger charge is 2.40. The zero-order valence-corrected chi connectivity index (χ0v) is 18.9. The second kappa shape index (κ2) is 10.8. The highest BCUT2D eigenvalue weighted by molar-refractivity contribution is 5.89. The van der Waals surface area contributed by atoms with E-state index in [1.165, 1.54) is 15.0 Å². The van der Waals surface area contributed by atoms with Gasteiger partial charge in [-0.2, -0.15) is 5.41 Å². The van der Waals surface area contributed by atoms with Gasteiger partial charge in [0, 0.05) is 6.42 Å². The van der Waals surface area contributed by atoms with Crippen LogP contribution in [0.25, 0.3) is 0 Å². The van der Waals surface area contributed by atoms with E-state index in [0.717, 1.165) is 23.8 Å². The average molecular weight is 453 g/mol. The lowest BCUT2D eigenvalue weighted by Gasteiger charge is -2.27. The van der Waals surface area contributed by atoms with Crippen molar-refractivity contribution in [1.29, 1.82) is 5.41 Å². The van der Waals surface area contributed by atoms with Crippen molar-refractivity contribution >= 4 is 24.5 Å². The van der Waals surface area contributed by atoms with E-state index in [-0.39, 0.29) is 19.5 Å². The molecule has 0 aromatic heterocycles. The first kappa shape index (κ1) is 24.1. The van der Waals surface area contributed by atoms with Crippen LogP contribution in [0.3, 0.4) is 0 Å². The first-order chi connectivity index (χ1) is 15.8. The minimum absolute atomic E-state index is 0.0672. The molecule has 1 fully saturated rings. The number of likely N-dealkylation sites (tertiary alicyclic amines) is 1. The number of alkyl halides is 1. The maximum atomic E-state index is 14.3. The number of carbonyl (C=O) groups excluding carboxylic acids is 2.